The molecule has 3 aromatic rings. The number of carbonyl (C=O) groups excluding carboxylic acids is 1. The van der Waals surface area contributed by atoms with Crippen LogP contribution in [0.1, 0.15) is 10.4 Å². The molecule has 7 nitrogen and oxygen atoms in total. The molecule has 0 N–H and O–H groups in total. The lowest BCUT2D eigenvalue weighted by Gasteiger charge is -2.29. The van der Waals surface area contributed by atoms with Crippen molar-refractivity contribution in [2.45, 2.75) is 4.90 Å². The third-order valence-corrected chi connectivity index (χ3v) is 7.50. The standard InChI is InChI=1S/C21H22ClN3O4S2/c1-31(27,28)18-4-2-3-17-19(18)23-21(30-17)25(10-9-24-11-13-29-14-12-24)20(26)15-5-7-16(22)8-6-15/h2-8H,9-14H2,1H3. The molecule has 2 heterocycles. The molecular weight excluding hydrogens is 458 g/mol. The number of morpholine rings is 1. The molecule has 0 unspecified atom stereocenters. The maximum absolute atomic E-state index is 13.4. The molecule has 4 rings (SSSR count). The van der Waals surface area contributed by atoms with Crippen molar-refractivity contribution in [2.24, 2.45) is 0 Å². The van der Waals surface area contributed by atoms with Gasteiger partial charge in [0.25, 0.3) is 5.91 Å². The molecule has 0 aliphatic carbocycles. The fourth-order valence-electron chi connectivity index (χ4n) is 3.42. The summed E-state index contributed by atoms with van der Waals surface area (Å²) in [6, 6.07) is 11.8. The van der Waals surface area contributed by atoms with E-state index in [1.54, 1.807) is 41.3 Å². The zero-order valence-corrected chi connectivity index (χ0v) is 19.3. The number of nitrogens with zero attached hydrogens (tertiary/aromatic N) is 3. The Labute approximate surface area is 190 Å². The van der Waals surface area contributed by atoms with E-state index in [1.165, 1.54) is 11.3 Å². The number of aromatic nitrogens is 1. The van der Waals surface area contributed by atoms with Gasteiger partial charge in [-0.15, -0.1) is 0 Å². The van der Waals surface area contributed by atoms with E-state index >= 15 is 0 Å². The monoisotopic (exact) mass is 479 g/mol. The van der Waals surface area contributed by atoms with Gasteiger partial charge >= 0.3 is 0 Å². The molecule has 1 saturated heterocycles. The molecule has 164 valence electrons. The number of benzene rings is 2. The van der Waals surface area contributed by atoms with E-state index in [0.717, 1.165) is 24.0 Å². The number of sulfone groups is 1. The van der Waals surface area contributed by atoms with Crippen molar-refractivity contribution in [3.63, 3.8) is 0 Å². The summed E-state index contributed by atoms with van der Waals surface area (Å²) in [5.41, 5.74) is 0.888. The summed E-state index contributed by atoms with van der Waals surface area (Å²) in [6.07, 6.45) is 1.16. The van der Waals surface area contributed by atoms with Crippen LogP contribution < -0.4 is 4.90 Å². The van der Waals surface area contributed by atoms with Crippen molar-refractivity contribution in [1.29, 1.82) is 0 Å². The molecule has 31 heavy (non-hydrogen) atoms. The number of amides is 1. The summed E-state index contributed by atoms with van der Waals surface area (Å²) in [5, 5.41) is 1.02. The van der Waals surface area contributed by atoms with E-state index in [1.807, 2.05) is 6.07 Å². The summed E-state index contributed by atoms with van der Waals surface area (Å²) in [4.78, 5) is 22.0. The van der Waals surface area contributed by atoms with Gasteiger partial charge in [-0.1, -0.05) is 29.0 Å². The van der Waals surface area contributed by atoms with Gasteiger partial charge in [0.15, 0.2) is 15.0 Å². The summed E-state index contributed by atoms with van der Waals surface area (Å²) < 4.78 is 30.5. The number of halogens is 1. The molecule has 1 aromatic heterocycles. The van der Waals surface area contributed by atoms with Crippen LogP contribution >= 0.6 is 22.9 Å². The van der Waals surface area contributed by atoms with E-state index in [0.29, 0.717) is 47.5 Å². The average molecular weight is 480 g/mol. The molecule has 1 amide bonds. The van der Waals surface area contributed by atoms with Crippen LogP contribution in [0.25, 0.3) is 10.2 Å². The van der Waals surface area contributed by atoms with E-state index in [4.69, 9.17) is 16.3 Å². The van der Waals surface area contributed by atoms with Crippen molar-refractivity contribution in [2.75, 3.05) is 50.5 Å². The minimum Gasteiger partial charge on any atom is -0.379 e. The van der Waals surface area contributed by atoms with Crippen molar-refractivity contribution >= 4 is 54.0 Å². The zero-order valence-electron chi connectivity index (χ0n) is 17.0. The predicted octanol–water partition coefficient (Wildman–Crippen LogP) is 3.33. The maximum Gasteiger partial charge on any atom is 0.260 e. The number of rotatable bonds is 6. The third kappa shape index (κ3) is 5.07. The van der Waals surface area contributed by atoms with Gasteiger partial charge in [0, 0.05) is 43.0 Å². The third-order valence-electron chi connectivity index (χ3n) is 5.08. The quantitative estimate of drug-likeness (QED) is 0.539. The Morgan fingerprint density at radius 2 is 1.90 bits per heavy atom. The number of fused-ring (bicyclic) bond motifs is 1. The van der Waals surface area contributed by atoms with Crippen LogP contribution in [0.2, 0.25) is 5.02 Å². The average Bonchev–Trinajstić information content (AvgIpc) is 3.18. The molecule has 0 atom stereocenters. The Kier molecular flexibility index (Phi) is 6.59. The molecule has 0 radical (unpaired) electrons. The topological polar surface area (TPSA) is 79.8 Å². The van der Waals surface area contributed by atoms with Gasteiger partial charge in [0.05, 0.1) is 22.8 Å². The smallest absolute Gasteiger partial charge is 0.260 e. The second kappa shape index (κ2) is 9.22. The Morgan fingerprint density at radius 1 is 1.19 bits per heavy atom. The van der Waals surface area contributed by atoms with Crippen molar-refractivity contribution in [3.05, 3.63) is 53.1 Å². The van der Waals surface area contributed by atoms with Crippen LogP contribution in [0, 0.1) is 0 Å². The van der Waals surface area contributed by atoms with Gasteiger partial charge in [0.2, 0.25) is 0 Å². The van der Waals surface area contributed by atoms with E-state index < -0.39 is 9.84 Å². The fraction of sp³-hybridized carbons (Fsp3) is 0.333. The first-order chi connectivity index (χ1) is 14.8. The number of carbonyl (C=O) groups is 1. The van der Waals surface area contributed by atoms with Crippen LogP contribution in [0.4, 0.5) is 5.13 Å². The zero-order chi connectivity index (χ0) is 22.0. The highest BCUT2D eigenvalue weighted by Gasteiger charge is 2.24. The molecule has 10 heteroatoms. The highest BCUT2D eigenvalue weighted by Crippen LogP contribution is 2.33. The largest absolute Gasteiger partial charge is 0.379 e. The van der Waals surface area contributed by atoms with E-state index in [-0.39, 0.29) is 10.8 Å². The highest BCUT2D eigenvalue weighted by atomic mass is 35.5. The molecule has 1 aliphatic heterocycles. The van der Waals surface area contributed by atoms with Gasteiger partial charge in [-0.05, 0) is 36.4 Å². The Balaban J connectivity index is 1.70. The minimum absolute atomic E-state index is 0.166. The molecular formula is C21H22ClN3O4S2. The lowest BCUT2D eigenvalue weighted by molar-refractivity contribution is 0.0391. The number of ether oxygens (including phenoxy) is 1. The van der Waals surface area contributed by atoms with Gasteiger partial charge in [-0.25, -0.2) is 13.4 Å². The van der Waals surface area contributed by atoms with E-state index in [9.17, 15) is 13.2 Å². The number of hydrogen-bond acceptors (Lipinski definition) is 7. The SMILES string of the molecule is CS(=O)(=O)c1cccc2sc(N(CCN3CCOCC3)C(=O)c3ccc(Cl)cc3)nc12. The van der Waals surface area contributed by atoms with Crippen LogP contribution in [-0.2, 0) is 14.6 Å². The Bertz CT molecular complexity index is 1190. The summed E-state index contributed by atoms with van der Waals surface area (Å²) >= 11 is 7.29. The molecule has 1 aliphatic rings. The van der Waals surface area contributed by atoms with Crippen LogP contribution in [0.3, 0.4) is 0 Å². The van der Waals surface area contributed by atoms with Gasteiger partial charge in [-0.3, -0.25) is 14.6 Å². The predicted molar refractivity (Wildman–Crippen MR) is 123 cm³/mol. The number of anilines is 1. The van der Waals surface area contributed by atoms with Gasteiger partial charge in [0.1, 0.15) is 5.52 Å². The van der Waals surface area contributed by atoms with Crippen molar-refractivity contribution in [1.82, 2.24) is 9.88 Å². The molecule has 1 fully saturated rings. The summed E-state index contributed by atoms with van der Waals surface area (Å²) in [5.74, 6) is -0.204. The van der Waals surface area contributed by atoms with E-state index in [2.05, 4.69) is 9.88 Å². The van der Waals surface area contributed by atoms with Crippen molar-refractivity contribution in [3.8, 4) is 0 Å². The molecule has 0 bridgehead atoms. The second-order valence-electron chi connectivity index (χ2n) is 7.29. The second-order valence-corrected chi connectivity index (χ2v) is 10.7. The fourth-order valence-corrected chi connectivity index (χ4v) is 5.46. The molecule has 0 saturated carbocycles. The first kappa shape index (κ1) is 22.2. The summed E-state index contributed by atoms with van der Waals surface area (Å²) in [7, 11) is -3.44. The number of thiazole rings is 1. The number of para-hydroxylation sites is 1. The summed E-state index contributed by atoms with van der Waals surface area (Å²) in [6.45, 7) is 4.04. The Hall–Kier alpha value is -2.04. The van der Waals surface area contributed by atoms with Gasteiger partial charge < -0.3 is 4.74 Å². The molecule has 0 spiro atoms. The molecule has 2 aromatic carbocycles. The number of hydrogen-bond donors (Lipinski definition) is 0. The highest BCUT2D eigenvalue weighted by molar-refractivity contribution is 7.91. The van der Waals surface area contributed by atoms with Gasteiger partial charge in [-0.2, -0.15) is 0 Å². The Morgan fingerprint density at radius 3 is 2.58 bits per heavy atom. The van der Waals surface area contributed by atoms with Crippen LogP contribution in [-0.4, -0.2) is 69.9 Å². The maximum atomic E-state index is 13.4. The van der Waals surface area contributed by atoms with Crippen LogP contribution in [0.15, 0.2) is 47.4 Å². The lowest BCUT2D eigenvalue weighted by atomic mass is 10.2. The first-order valence-electron chi connectivity index (χ1n) is 9.80. The minimum atomic E-state index is -3.44. The van der Waals surface area contributed by atoms with Crippen LogP contribution in [0.5, 0.6) is 0 Å². The first-order valence-corrected chi connectivity index (χ1v) is 12.9. The lowest BCUT2D eigenvalue weighted by Crippen LogP contribution is -2.43. The van der Waals surface area contributed by atoms with Crippen molar-refractivity contribution < 1.29 is 17.9 Å². The normalized spacial score (nSPS) is 15.3.